The summed E-state index contributed by atoms with van der Waals surface area (Å²) in [5, 5.41) is 1.96. The molecule has 2 aromatic carbocycles. The zero-order valence-corrected chi connectivity index (χ0v) is 25.6. The van der Waals surface area contributed by atoms with Crippen LogP contribution in [0.15, 0.2) is 54.7 Å². The minimum atomic E-state index is 0.0138. The third-order valence-electron chi connectivity index (χ3n) is 8.78. The molecule has 0 N–H and O–H groups in total. The third kappa shape index (κ3) is 6.07. The Morgan fingerprint density at radius 3 is 2.86 bits per heavy atom. The van der Waals surface area contributed by atoms with Gasteiger partial charge in [-0.1, -0.05) is 42.5 Å². The lowest BCUT2D eigenvalue weighted by atomic mass is 9.98. The lowest BCUT2D eigenvalue weighted by Gasteiger charge is -2.38. The first kappa shape index (κ1) is 29.5. The molecule has 9 heteroatoms. The van der Waals surface area contributed by atoms with Crippen LogP contribution in [-0.2, 0) is 24.2 Å². The van der Waals surface area contributed by atoms with Crippen molar-refractivity contribution in [2.75, 3.05) is 38.1 Å². The molecular weight excluding hydrogens is 568 g/mol. The molecule has 222 valence electrons. The fourth-order valence-electron chi connectivity index (χ4n) is 6.38. The van der Waals surface area contributed by atoms with E-state index in [0.29, 0.717) is 49.6 Å². The van der Waals surface area contributed by atoms with E-state index in [4.69, 9.17) is 13.0 Å². The minimum absolute atomic E-state index is 0.0138. The molecule has 2 aliphatic heterocycles. The number of benzene rings is 2. The molecule has 0 aliphatic carbocycles. The van der Waals surface area contributed by atoms with Gasteiger partial charge in [0, 0.05) is 67.1 Å². The molecule has 8 nitrogen and oxygen atoms in total. The normalized spacial score (nSPS) is 16.6. The molecule has 0 spiro atoms. The number of anilines is 1. The van der Waals surface area contributed by atoms with Crippen LogP contribution >= 0.6 is 11.3 Å². The highest BCUT2D eigenvalue weighted by Gasteiger charge is 2.29. The maximum absolute atomic E-state index is 13.4. The summed E-state index contributed by atoms with van der Waals surface area (Å²) in [6.07, 6.45) is 10.6. The number of aromatic nitrogens is 2. The molecular formula is C35H34N6O2S. The molecule has 1 amide bonds. The molecule has 44 heavy (non-hydrogen) atoms. The van der Waals surface area contributed by atoms with Crippen LogP contribution in [0, 0.1) is 18.9 Å². The van der Waals surface area contributed by atoms with Crippen LogP contribution in [0.2, 0.25) is 0 Å². The first-order valence-corrected chi connectivity index (χ1v) is 15.8. The summed E-state index contributed by atoms with van der Waals surface area (Å²) in [5.41, 5.74) is 2.30. The summed E-state index contributed by atoms with van der Waals surface area (Å²) in [7, 11) is 2.04. The smallest absolute Gasteiger partial charge is 0.224 e. The summed E-state index contributed by atoms with van der Waals surface area (Å²) < 4.78 is 0. The monoisotopic (exact) mass is 602 g/mol. The molecule has 1 unspecified atom stereocenters. The van der Waals surface area contributed by atoms with Gasteiger partial charge in [0.25, 0.3) is 0 Å². The molecule has 2 aliphatic rings. The second kappa shape index (κ2) is 13.0. The number of hydrogen-bond donors (Lipinski definition) is 0. The number of terminal acetylenes is 1. The number of piperidine rings is 1. The molecule has 0 radical (unpaired) electrons. The molecule has 1 fully saturated rings. The van der Waals surface area contributed by atoms with Gasteiger partial charge in [-0.15, -0.1) is 6.42 Å². The summed E-state index contributed by atoms with van der Waals surface area (Å²) in [4.78, 5) is 47.5. The highest BCUT2D eigenvalue weighted by atomic mass is 32.1. The van der Waals surface area contributed by atoms with Crippen LogP contribution in [-0.4, -0.2) is 70.7 Å². The zero-order chi connectivity index (χ0) is 30.6. The number of rotatable bonds is 8. The van der Waals surface area contributed by atoms with Crippen molar-refractivity contribution >= 4 is 45.3 Å². The number of carbonyl (C=O) groups is 2. The van der Waals surface area contributed by atoms with Gasteiger partial charge >= 0.3 is 0 Å². The third-order valence-corrected chi connectivity index (χ3v) is 9.98. The predicted molar refractivity (Wildman–Crippen MR) is 174 cm³/mol. The Morgan fingerprint density at radius 2 is 2.02 bits per heavy atom. The fourth-order valence-corrected chi connectivity index (χ4v) is 7.69. The molecule has 2 aromatic heterocycles. The van der Waals surface area contributed by atoms with Crippen molar-refractivity contribution in [2.24, 2.45) is 0 Å². The Labute approximate surface area is 262 Å². The quantitative estimate of drug-likeness (QED) is 0.150. The van der Waals surface area contributed by atoms with E-state index in [1.54, 1.807) is 6.20 Å². The Hall–Kier alpha value is -4.57. The average molecular weight is 603 g/mol. The van der Waals surface area contributed by atoms with E-state index in [1.165, 1.54) is 11.3 Å². The lowest BCUT2D eigenvalue weighted by molar-refractivity contribution is -0.132. The SMILES string of the molecule is [C-]#[N+]c1c(CC(=O)c2cccc3ccccc23)sc2c1CCN(C(=O)CCN1CCCC(N(C)c3ccnc(C#C)n3)C1)C2. The van der Waals surface area contributed by atoms with Crippen molar-refractivity contribution in [1.29, 1.82) is 0 Å². The van der Waals surface area contributed by atoms with Crippen LogP contribution < -0.4 is 4.90 Å². The Morgan fingerprint density at radius 1 is 1.18 bits per heavy atom. The van der Waals surface area contributed by atoms with E-state index in [0.717, 1.165) is 57.8 Å². The topological polar surface area (TPSA) is 74.0 Å². The van der Waals surface area contributed by atoms with Crippen molar-refractivity contribution in [2.45, 2.75) is 44.7 Å². The van der Waals surface area contributed by atoms with Crippen LogP contribution in [0.25, 0.3) is 15.6 Å². The second-order valence-electron chi connectivity index (χ2n) is 11.4. The van der Waals surface area contributed by atoms with Gasteiger partial charge in [-0.3, -0.25) is 9.59 Å². The Bertz CT molecular complexity index is 1800. The molecule has 4 aromatic rings. The standard InChI is InChI=1S/C35H34N6O2S/c1-4-32-37-17-14-33(38-32)39(3)25-11-8-18-40(22-25)19-16-34(43)41-20-15-28-31(23-41)44-30(35(28)36-2)21-29(42)27-13-7-10-24-9-5-6-12-26(24)27/h1,5-7,9-10,12-14,17,25H,8,11,15-16,18-23H2,3H3. The molecule has 0 saturated carbocycles. The maximum atomic E-state index is 13.4. The predicted octanol–water partition coefficient (Wildman–Crippen LogP) is 5.52. The maximum Gasteiger partial charge on any atom is 0.224 e. The first-order chi connectivity index (χ1) is 21.4. The number of likely N-dealkylation sites (N-methyl/N-ethyl adjacent to an activating group) is 1. The first-order valence-electron chi connectivity index (χ1n) is 15.0. The van der Waals surface area contributed by atoms with E-state index in [-0.39, 0.29) is 24.2 Å². The van der Waals surface area contributed by atoms with E-state index in [2.05, 4.69) is 30.5 Å². The van der Waals surface area contributed by atoms with E-state index in [1.807, 2.05) is 60.5 Å². The van der Waals surface area contributed by atoms with Crippen LogP contribution in [0.3, 0.4) is 0 Å². The van der Waals surface area contributed by atoms with E-state index >= 15 is 0 Å². The van der Waals surface area contributed by atoms with Gasteiger partial charge in [-0.05, 0) is 54.1 Å². The number of ketones is 1. The molecule has 1 saturated heterocycles. The minimum Gasteiger partial charge on any atom is -0.355 e. The van der Waals surface area contributed by atoms with Gasteiger partial charge in [0.05, 0.1) is 13.1 Å². The number of likely N-dealkylation sites (tertiary alicyclic amines) is 1. The summed E-state index contributed by atoms with van der Waals surface area (Å²) in [5.74, 6) is 3.84. The van der Waals surface area contributed by atoms with E-state index in [9.17, 15) is 9.59 Å². The lowest BCUT2D eigenvalue weighted by Crippen LogP contribution is -2.48. The summed E-state index contributed by atoms with van der Waals surface area (Å²) in [6, 6.07) is 15.8. The molecule has 0 bridgehead atoms. The van der Waals surface area contributed by atoms with Gasteiger partial charge < -0.3 is 14.7 Å². The summed E-state index contributed by atoms with van der Waals surface area (Å²) in [6.45, 7) is 11.5. The second-order valence-corrected chi connectivity index (χ2v) is 12.6. The van der Waals surface area contributed by atoms with Crippen molar-refractivity contribution < 1.29 is 9.59 Å². The highest BCUT2D eigenvalue weighted by Crippen LogP contribution is 2.40. The number of amides is 1. The van der Waals surface area contributed by atoms with Crippen LogP contribution in [0.4, 0.5) is 11.5 Å². The molecule has 6 rings (SSSR count). The number of nitrogens with zero attached hydrogens (tertiary/aromatic N) is 6. The van der Waals surface area contributed by atoms with Gasteiger partial charge in [0.1, 0.15) is 5.82 Å². The van der Waals surface area contributed by atoms with Crippen LogP contribution in [0.1, 0.15) is 50.8 Å². The number of hydrogen-bond acceptors (Lipinski definition) is 7. The molecule has 1 atom stereocenters. The van der Waals surface area contributed by atoms with Crippen molar-refractivity contribution in [3.05, 3.63) is 92.9 Å². The number of carbonyl (C=O) groups excluding carboxylic acids is 2. The Kier molecular flexibility index (Phi) is 8.70. The number of fused-ring (bicyclic) bond motifs is 2. The van der Waals surface area contributed by atoms with Crippen molar-refractivity contribution in [3.63, 3.8) is 0 Å². The van der Waals surface area contributed by atoms with Gasteiger partial charge in [-0.2, -0.15) is 11.3 Å². The largest absolute Gasteiger partial charge is 0.355 e. The van der Waals surface area contributed by atoms with Gasteiger partial charge in [-0.25, -0.2) is 14.8 Å². The summed E-state index contributed by atoms with van der Waals surface area (Å²) >= 11 is 1.52. The van der Waals surface area contributed by atoms with Gasteiger partial charge in [0.2, 0.25) is 17.4 Å². The van der Waals surface area contributed by atoms with Gasteiger partial charge in [0.15, 0.2) is 5.78 Å². The highest BCUT2D eigenvalue weighted by molar-refractivity contribution is 7.13. The average Bonchev–Trinajstić information content (AvgIpc) is 3.42. The number of thiophene rings is 1. The molecule has 4 heterocycles. The van der Waals surface area contributed by atoms with Crippen LogP contribution in [0.5, 0.6) is 0 Å². The fraction of sp³-hybridized carbons (Fsp3) is 0.343. The van der Waals surface area contributed by atoms with Crippen molar-refractivity contribution in [3.8, 4) is 12.3 Å². The zero-order valence-electron chi connectivity index (χ0n) is 24.8. The number of Topliss-reactive ketones (excluding diaryl/α,β-unsaturated/α-hetero) is 1. The van der Waals surface area contributed by atoms with E-state index < -0.39 is 0 Å². The Balaban J connectivity index is 1.07. The van der Waals surface area contributed by atoms with Crippen molar-refractivity contribution in [1.82, 2.24) is 19.8 Å².